The van der Waals surface area contributed by atoms with Crippen LogP contribution in [0.4, 0.5) is 0 Å². The zero-order chi connectivity index (χ0) is 23.3. The second kappa shape index (κ2) is 8.46. The van der Waals surface area contributed by atoms with Gasteiger partial charge in [0.05, 0.1) is 11.0 Å². The van der Waals surface area contributed by atoms with Crippen LogP contribution < -0.4 is 11.1 Å². The minimum atomic E-state index is -0.765. The number of piperazine rings is 1. The predicted molar refractivity (Wildman–Crippen MR) is 125 cm³/mol. The SMILES string of the molecule is C=CC(=O)N1CC(N2CCN(C(=O)Cn3c(=O)c(=O)[nH]c4cc(Cl)c(C5CC5)cc43)CC2)C1. The summed E-state index contributed by atoms with van der Waals surface area (Å²) in [5.41, 5.74) is 0.434. The number of nitrogens with zero attached hydrogens (tertiary/aromatic N) is 4. The molecule has 0 radical (unpaired) electrons. The van der Waals surface area contributed by atoms with Crippen molar-refractivity contribution in [2.45, 2.75) is 31.3 Å². The van der Waals surface area contributed by atoms with Crippen LogP contribution in [0.15, 0.2) is 34.4 Å². The molecule has 1 aliphatic carbocycles. The molecule has 2 amide bonds. The summed E-state index contributed by atoms with van der Waals surface area (Å²) in [5, 5.41) is 0.567. The summed E-state index contributed by atoms with van der Waals surface area (Å²) in [7, 11) is 0. The van der Waals surface area contributed by atoms with E-state index in [0.29, 0.717) is 67.3 Å². The summed E-state index contributed by atoms with van der Waals surface area (Å²) in [6.45, 7) is 7.19. The fourth-order valence-electron chi connectivity index (χ4n) is 4.74. The number of hydrogen-bond donors (Lipinski definition) is 1. The molecule has 2 aliphatic heterocycles. The molecule has 1 N–H and O–H groups in total. The maximum Gasteiger partial charge on any atom is 0.317 e. The number of carbonyl (C=O) groups is 2. The van der Waals surface area contributed by atoms with Crippen molar-refractivity contribution in [2.24, 2.45) is 0 Å². The number of amides is 2. The molecule has 3 fully saturated rings. The number of nitrogens with one attached hydrogen (secondary N) is 1. The van der Waals surface area contributed by atoms with E-state index in [1.165, 1.54) is 10.6 Å². The van der Waals surface area contributed by atoms with E-state index in [1.807, 2.05) is 6.07 Å². The summed E-state index contributed by atoms with van der Waals surface area (Å²) >= 11 is 6.38. The van der Waals surface area contributed by atoms with Crippen LogP contribution in [0.3, 0.4) is 0 Å². The highest BCUT2D eigenvalue weighted by Gasteiger charge is 2.36. The Kier molecular flexibility index (Phi) is 5.62. The van der Waals surface area contributed by atoms with Gasteiger partial charge in [0.1, 0.15) is 6.54 Å². The minimum absolute atomic E-state index is 0.0540. The van der Waals surface area contributed by atoms with E-state index in [-0.39, 0.29) is 18.4 Å². The Hall–Kier alpha value is -2.91. The minimum Gasteiger partial charge on any atom is -0.339 e. The van der Waals surface area contributed by atoms with E-state index < -0.39 is 11.1 Å². The number of benzene rings is 1. The molecule has 2 aromatic rings. The maximum absolute atomic E-state index is 13.1. The highest BCUT2D eigenvalue weighted by molar-refractivity contribution is 6.32. The Labute approximate surface area is 195 Å². The van der Waals surface area contributed by atoms with Crippen LogP contribution in [0, 0.1) is 0 Å². The van der Waals surface area contributed by atoms with Crippen molar-refractivity contribution in [1.29, 1.82) is 0 Å². The van der Waals surface area contributed by atoms with Gasteiger partial charge in [-0.1, -0.05) is 18.2 Å². The quantitative estimate of drug-likeness (QED) is 0.513. The van der Waals surface area contributed by atoms with E-state index in [2.05, 4.69) is 16.5 Å². The van der Waals surface area contributed by atoms with Crippen molar-refractivity contribution in [3.8, 4) is 0 Å². The molecule has 3 aliphatic rings. The Morgan fingerprint density at radius 2 is 1.79 bits per heavy atom. The molecular formula is C23H26ClN5O4. The zero-order valence-electron chi connectivity index (χ0n) is 18.3. The van der Waals surface area contributed by atoms with Crippen LogP contribution in [-0.2, 0) is 16.1 Å². The lowest BCUT2D eigenvalue weighted by Gasteiger charge is -2.47. The van der Waals surface area contributed by atoms with Crippen LogP contribution in [0.1, 0.15) is 24.3 Å². The topological polar surface area (TPSA) is 98.7 Å². The van der Waals surface area contributed by atoms with Gasteiger partial charge < -0.3 is 14.8 Å². The molecule has 3 heterocycles. The molecule has 2 saturated heterocycles. The molecule has 0 bridgehead atoms. The third-order valence-electron chi connectivity index (χ3n) is 6.94. The average Bonchev–Trinajstić information content (AvgIpc) is 3.61. The van der Waals surface area contributed by atoms with Crippen molar-refractivity contribution in [3.63, 3.8) is 0 Å². The Morgan fingerprint density at radius 1 is 1.09 bits per heavy atom. The smallest absolute Gasteiger partial charge is 0.317 e. The van der Waals surface area contributed by atoms with Gasteiger partial charge in [0, 0.05) is 50.3 Å². The number of likely N-dealkylation sites (tertiary alicyclic amines) is 1. The lowest BCUT2D eigenvalue weighted by molar-refractivity contribution is -0.137. The monoisotopic (exact) mass is 471 g/mol. The van der Waals surface area contributed by atoms with Crippen LogP contribution in [0.2, 0.25) is 5.02 Å². The number of halogens is 1. The fourth-order valence-corrected chi connectivity index (χ4v) is 5.06. The molecule has 1 aromatic heterocycles. The number of H-pyrrole nitrogens is 1. The van der Waals surface area contributed by atoms with Crippen molar-refractivity contribution in [2.75, 3.05) is 39.3 Å². The molecule has 0 spiro atoms. The Balaban J connectivity index is 1.29. The number of fused-ring (bicyclic) bond motifs is 1. The maximum atomic E-state index is 13.1. The number of hydrogen-bond acceptors (Lipinski definition) is 5. The van der Waals surface area contributed by atoms with Gasteiger partial charge in [0.25, 0.3) is 0 Å². The first-order valence-electron chi connectivity index (χ1n) is 11.2. The second-order valence-corrected chi connectivity index (χ2v) is 9.44. The average molecular weight is 472 g/mol. The zero-order valence-corrected chi connectivity index (χ0v) is 19.0. The summed E-state index contributed by atoms with van der Waals surface area (Å²) in [6.07, 6.45) is 3.42. The molecule has 33 heavy (non-hydrogen) atoms. The molecule has 5 rings (SSSR count). The van der Waals surface area contributed by atoms with Crippen molar-refractivity contribution >= 4 is 34.4 Å². The van der Waals surface area contributed by atoms with Crippen molar-refractivity contribution < 1.29 is 9.59 Å². The van der Waals surface area contributed by atoms with E-state index in [9.17, 15) is 19.2 Å². The number of carbonyl (C=O) groups excluding carboxylic acids is 2. The normalized spacial score (nSPS) is 19.5. The Morgan fingerprint density at radius 3 is 2.42 bits per heavy atom. The first-order valence-corrected chi connectivity index (χ1v) is 11.6. The molecule has 1 aromatic carbocycles. The van der Waals surface area contributed by atoms with Gasteiger partial charge in [-0.25, -0.2) is 0 Å². The summed E-state index contributed by atoms with van der Waals surface area (Å²) in [5.74, 6) is 0.121. The Bertz CT molecular complexity index is 1250. The summed E-state index contributed by atoms with van der Waals surface area (Å²) < 4.78 is 1.27. The molecule has 1 saturated carbocycles. The van der Waals surface area contributed by atoms with Gasteiger partial charge in [-0.15, -0.1) is 0 Å². The lowest BCUT2D eigenvalue weighted by Crippen LogP contribution is -2.64. The van der Waals surface area contributed by atoms with Crippen molar-refractivity contribution in [1.82, 2.24) is 24.3 Å². The molecule has 0 unspecified atom stereocenters. The van der Waals surface area contributed by atoms with E-state index >= 15 is 0 Å². The van der Waals surface area contributed by atoms with Crippen LogP contribution in [0.5, 0.6) is 0 Å². The van der Waals surface area contributed by atoms with Gasteiger partial charge in [-0.2, -0.15) is 0 Å². The summed E-state index contributed by atoms with van der Waals surface area (Å²) in [6, 6.07) is 3.81. The highest BCUT2D eigenvalue weighted by Crippen LogP contribution is 2.44. The first kappa shape index (κ1) is 21.9. The third-order valence-corrected chi connectivity index (χ3v) is 7.26. The first-order chi connectivity index (χ1) is 15.9. The number of aromatic nitrogens is 2. The van der Waals surface area contributed by atoms with Crippen LogP contribution in [0.25, 0.3) is 11.0 Å². The molecule has 0 atom stereocenters. The van der Waals surface area contributed by atoms with Crippen LogP contribution >= 0.6 is 11.6 Å². The molecule has 9 nitrogen and oxygen atoms in total. The number of rotatable bonds is 5. The molecule has 10 heteroatoms. The van der Waals surface area contributed by atoms with Crippen molar-refractivity contribution in [3.05, 3.63) is 56.1 Å². The fraction of sp³-hybridized carbons (Fsp3) is 0.478. The lowest BCUT2D eigenvalue weighted by atomic mass is 10.1. The van der Waals surface area contributed by atoms with Gasteiger partial charge >= 0.3 is 11.1 Å². The predicted octanol–water partition coefficient (Wildman–Crippen LogP) is 0.762. The standard InChI is InChI=1S/C23H26ClN5O4/c1-2-20(30)28-11-15(12-28)26-5-7-27(8-6-26)21(31)13-29-19-9-16(14-3-4-14)17(24)10-18(19)25-22(32)23(29)33/h2,9-10,14-15H,1,3-8,11-13H2,(H,25,32). The van der Waals surface area contributed by atoms with Gasteiger partial charge in [0.2, 0.25) is 11.8 Å². The van der Waals surface area contributed by atoms with Gasteiger partial charge in [-0.05, 0) is 42.5 Å². The second-order valence-electron chi connectivity index (χ2n) is 9.03. The van der Waals surface area contributed by atoms with Gasteiger partial charge in [0.15, 0.2) is 0 Å². The third kappa shape index (κ3) is 4.11. The van der Waals surface area contributed by atoms with E-state index in [1.54, 1.807) is 15.9 Å². The number of aromatic amines is 1. The molecule has 174 valence electrons. The largest absolute Gasteiger partial charge is 0.339 e. The van der Waals surface area contributed by atoms with Crippen LogP contribution in [-0.4, -0.2) is 81.4 Å². The summed E-state index contributed by atoms with van der Waals surface area (Å²) in [4.78, 5) is 57.9. The highest BCUT2D eigenvalue weighted by atomic mass is 35.5. The van der Waals surface area contributed by atoms with Gasteiger partial charge in [-0.3, -0.25) is 28.6 Å². The molecular weight excluding hydrogens is 446 g/mol. The van der Waals surface area contributed by atoms with E-state index in [0.717, 1.165) is 18.4 Å². The van der Waals surface area contributed by atoms with E-state index in [4.69, 9.17) is 11.6 Å².